The fraction of sp³-hybridized carbons (Fsp3) is 0.400. The number of para-hydroxylation sites is 1. The van der Waals surface area contributed by atoms with Crippen LogP contribution in [-0.2, 0) is 10.0 Å². The Bertz CT molecular complexity index is 559. The van der Waals surface area contributed by atoms with Crippen molar-refractivity contribution in [3.05, 3.63) is 28.3 Å². The minimum Gasteiger partial charge on any atom is -0.393 e. The van der Waals surface area contributed by atoms with E-state index < -0.39 is 14.9 Å². The molecule has 0 aromatic heterocycles. The minimum atomic E-state index is -3.36. The number of hydrogen-bond donors (Lipinski definition) is 3. The third-order valence-corrected chi connectivity index (χ3v) is 3.77. The number of rotatable bonds is 7. The quantitative estimate of drug-likeness (QED) is 0.381. The van der Waals surface area contributed by atoms with Gasteiger partial charge in [-0.2, -0.15) is 0 Å². The van der Waals surface area contributed by atoms with Gasteiger partial charge in [-0.1, -0.05) is 13.0 Å². The molecule has 0 aliphatic carbocycles. The first-order valence-corrected chi connectivity index (χ1v) is 7.26. The summed E-state index contributed by atoms with van der Waals surface area (Å²) in [4.78, 5) is 10.3. The van der Waals surface area contributed by atoms with Crippen molar-refractivity contribution in [2.45, 2.75) is 6.92 Å². The van der Waals surface area contributed by atoms with E-state index in [1.165, 1.54) is 12.1 Å². The summed E-state index contributed by atoms with van der Waals surface area (Å²) < 4.78 is 25.1. The molecule has 0 saturated heterocycles. The molecule has 106 valence electrons. The van der Waals surface area contributed by atoms with Crippen molar-refractivity contribution in [2.24, 2.45) is 0 Å². The second kappa shape index (κ2) is 6.34. The Labute approximate surface area is 111 Å². The number of nitro benzene ring substituents is 1. The molecule has 0 unspecified atom stereocenters. The predicted molar refractivity (Wildman–Crippen MR) is 73.5 cm³/mol. The summed E-state index contributed by atoms with van der Waals surface area (Å²) in [5.74, 6) is -0.174. The van der Waals surface area contributed by atoms with Gasteiger partial charge < -0.3 is 11.1 Å². The first-order chi connectivity index (χ1) is 8.87. The zero-order valence-corrected chi connectivity index (χ0v) is 11.2. The predicted octanol–water partition coefficient (Wildman–Crippen LogP) is 0.528. The number of anilines is 2. The van der Waals surface area contributed by atoms with Crippen LogP contribution in [0.4, 0.5) is 17.1 Å². The van der Waals surface area contributed by atoms with Gasteiger partial charge in [0.1, 0.15) is 11.4 Å². The Morgan fingerprint density at radius 3 is 2.68 bits per heavy atom. The number of sulfonamides is 1. The third-order valence-electron chi connectivity index (χ3n) is 2.30. The van der Waals surface area contributed by atoms with Gasteiger partial charge in [-0.05, 0) is 12.1 Å². The maximum absolute atomic E-state index is 11.4. The molecule has 0 aliphatic heterocycles. The van der Waals surface area contributed by atoms with E-state index in [1.54, 1.807) is 13.0 Å². The molecule has 1 aromatic rings. The van der Waals surface area contributed by atoms with Crippen molar-refractivity contribution >= 4 is 27.1 Å². The molecule has 1 rings (SSSR count). The van der Waals surface area contributed by atoms with Crippen LogP contribution in [0, 0.1) is 10.1 Å². The van der Waals surface area contributed by atoms with Crippen molar-refractivity contribution in [2.75, 3.05) is 29.9 Å². The summed E-state index contributed by atoms with van der Waals surface area (Å²) in [6.07, 6.45) is 0. The van der Waals surface area contributed by atoms with E-state index in [4.69, 9.17) is 5.73 Å². The Kier molecular flexibility index (Phi) is 5.07. The maximum Gasteiger partial charge on any atom is 0.314 e. The summed E-state index contributed by atoms with van der Waals surface area (Å²) in [5.41, 5.74) is 5.51. The summed E-state index contributed by atoms with van der Waals surface area (Å²) >= 11 is 0. The van der Waals surface area contributed by atoms with Crippen LogP contribution < -0.4 is 15.8 Å². The van der Waals surface area contributed by atoms with Crippen molar-refractivity contribution in [1.29, 1.82) is 0 Å². The zero-order chi connectivity index (χ0) is 14.5. The maximum atomic E-state index is 11.4. The van der Waals surface area contributed by atoms with E-state index >= 15 is 0 Å². The SMILES string of the molecule is CCNS(=O)(=O)CCNc1cccc(N)c1[N+](=O)[O-]. The van der Waals surface area contributed by atoms with Crippen molar-refractivity contribution in [1.82, 2.24) is 4.72 Å². The molecule has 19 heavy (non-hydrogen) atoms. The molecule has 0 aliphatic rings. The zero-order valence-electron chi connectivity index (χ0n) is 10.4. The number of nitro groups is 1. The van der Waals surface area contributed by atoms with Crippen LogP contribution in [0.2, 0.25) is 0 Å². The van der Waals surface area contributed by atoms with E-state index in [-0.39, 0.29) is 29.4 Å². The highest BCUT2D eigenvalue weighted by Gasteiger charge is 2.17. The lowest BCUT2D eigenvalue weighted by atomic mass is 10.2. The molecular weight excluding hydrogens is 272 g/mol. The van der Waals surface area contributed by atoms with E-state index in [2.05, 4.69) is 10.0 Å². The van der Waals surface area contributed by atoms with Gasteiger partial charge in [0.25, 0.3) is 0 Å². The summed E-state index contributed by atoms with van der Waals surface area (Å²) in [6, 6.07) is 4.45. The van der Waals surface area contributed by atoms with E-state index in [0.717, 1.165) is 0 Å². The van der Waals surface area contributed by atoms with Crippen LogP contribution in [0.1, 0.15) is 6.92 Å². The number of nitrogens with zero attached hydrogens (tertiary/aromatic N) is 1. The fourth-order valence-corrected chi connectivity index (χ4v) is 2.47. The first kappa shape index (κ1) is 15.2. The topological polar surface area (TPSA) is 127 Å². The molecule has 0 spiro atoms. The van der Waals surface area contributed by atoms with Crippen molar-refractivity contribution in [3.63, 3.8) is 0 Å². The summed E-state index contributed by atoms with van der Waals surface area (Å²) in [6.45, 7) is 2.04. The van der Waals surface area contributed by atoms with Crippen LogP contribution in [0.3, 0.4) is 0 Å². The molecule has 0 heterocycles. The lowest BCUT2D eigenvalue weighted by Crippen LogP contribution is -2.29. The van der Waals surface area contributed by atoms with Crippen LogP contribution in [0.15, 0.2) is 18.2 Å². The molecule has 8 nitrogen and oxygen atoms in total. The number of benzene rings is 1. The highest BCUT2D eigenvalue weighted by molar-refractivity contribution is 7.89. The smallest absolute Gasteiger partial charge is 0.314 e. The molecule has 0 amide bonds. The number of nitrogens with two attached hydrogens (primary N) is 1. The molecule has 4 N–H and O–H groups in total. The van der Waals surface area contributed by atoms with Crippen LogP contribution in [-0.4, -0.2) is 32.2 Å². The fourth-order valence-electron chi connectivity index (χ4n) is 1.52. The summed E-state index contributed by atoms with van der Waals surface area (Å²) in [5, 5.41) is 13.6. The normalized spacial score (nSPS) is 11.2. The molecule has 0 saturated carbocycles. The Morgan fingerprint density at radius 2 is 2.11 bits per heavy atom. The highest BCUT2D eigenvalue weighted by Crippen LogP contribution is 2.30. The van der Waals surface area contributed by atoms with Crippen LogP contribution >= 0.6 is 0 Å². The van der Waals surface area contributed by atoms with Gasteiger partial charge in [-0.3, -0.25) is 10.1 Å². The summed E-state index contributed by atoms with van der Waals surface area (Å²) in [7, 11) is -3.36. The lowest BCUT2D eigenvalue weighted by molar-refractivity contribution is -0.383. The van der Waals surface area contributed by atoms with Gasteiger partial charge >= 0.3 is 5.69 Å². The van der Waals surface area contributed by atoms with Gasteiger partial charge in [0.15, 0.2) is 0 Å². The highest BCUT2D eigenvalue weighted by atomic mass is 32.2. The Morgan fingerprint density at radius 1 is 1.42 bits per heavy atom. The van der Waals surface area contributed by atoms with Crippen LogP contribution in [0.5, 0.6) is 0 Å². The second-order valence-electron chi connectivity index (χ2n) is 3.74. The number of hydrogen-bond acceptors (Lipinski definition) is 6. The van der Waals surface area contributed by atoms with Gasteiger partial charge in [-0.15, -0.1) is 0 Å². The average Bonchev–Trinajstić information content (AvgIpc) is 2.28. The minimum absolute atomic E-state index is 0.0320. The van der Waals surface area contributed by atoms with Crippen LogP contribution in [0.25, 0.3) is 0 Å². The molecule has 0 atom stereocenters. The molecular formula is C10H16N4O4S. The second-order valence-corrected chi connectivity index (χ2v) is 5.67. The molecule has 1 aromatic carbocycles. The van der Waals surface area contributed by atoms with Gasteiger partial charge in [0.2, 0.25) is 10.0 Å². The standard InChI is InChI=1S/C10H16N4O4S/c1-2-13-19(17,18)7-6-12-9-5-3-4-8(11)10(9)14(15)16/h3-5,12-13H,2,6-7,11H2,1H3. The van der Waals surface area contributed by atoms with Gasteiger partial charge in [0.05, 0.1) is 10.7 Å². The molecule has 9 heteroatoms. The van der Waals surface area contributed by atoms with Gasteiger partial charge in [0, 0.05) is 13.1 Å². The number of nitrogens with one attached hydrogen (secondary N) is 2. The van der Waals surface area contributed by atoms with E-state index in [1.807, 2.05) is 0 Å². The number of nitrogen functional groups attached to an aromatic ring is 1. The van der Waals surface area contributed by atoms with Crippen molar-refractivity contribution in [3.8, 4) is 0 Å². The lowest BCUT2D eigenvalue weighted by Gasteiger charge is -2.09. The van der Waals surface area contributed by atoms with E-state index in [0.29, 0.717) is 6.54 Å². The monoisotopic (exact) mass is 288 g/mol. The largest absolute Gasteiger partial charge is 0.393 e. The molecule has 0 fully saturated rings. The average molecular weight is 288 g/mol. The Hall–Kier alpha value is -1.87. The molecule has 0 radical (unpaired) electrons. The Balaban J connectivity index is 2.74. The van der Waals surface area contributed by atoms with Crippen molar-refractivity contribution < 1.29 is 13.3 Å². The van der Waals surface area contributed by atoms with Gasteiger partial charge in [-0.25, -0.2) is 13.1 Å². The molecule has 0 bridgehead atoms. The third kappa shape index (κ3) is 4.38. The first-order valence-electron chi connectivity index (χ1n) is 5.61. The van der Waals surface area contributed by atoms with E-state index in [9.17, 15) is 18.5 Å².